The summed E-state index contributed by atoms with van der Waals surface area (Å²) < 4.78 is 6.43. The van der Waals surface area contributed by atoms with Crippen molar-refractivity contribution in [2.24, 2.45) is 0 Å². The number of rotatable bonds is 3. The molecule has 0 aliphatic carbocycles. The number of amides is 1. The summed E-state index contributed by atoms with van der Waals surface area (Å²) in [5.74, 6) is -1.16. The fourth-order valence-corrected chi connectivity index (χ4v) is 3.42. The van der Waals surface area contributed by atoms with Crippen LogP contribution in [0.5, 0.6) is 0 Å². The van der Waals surface area contributed by atoms with E-state index in [1.54, 1.807) is 15.8 Å². The molecular weight excluding hydrogens is 324 g/mol. The second kappa shape index (κ2) is 5.73. The molecule has 1 amide bonds. The Kier molecular flexibility index (Phi) is 3.52. The predicted octanol–water partition coefficient (Wildman–Crippen LogP) is 1.74. The maximum Gasteiger partial charge on any atom is 0.330 e. The van der Waals surface area contributed by atoms with E-state index in [1.807, 2.05) is 24.3 Å². The van der Waals surface area contributed by atoms with Crippen molar-refractivity contribution in [2.45, 2.75) is 18.4 Å². The Bertz CT molecular complexity index is 923. The van der Waals surface area contributed by atoms with Crippen molar-refractivity contribution in [3.8, 4) is 0 Å². The van der Waals surface area contributed by atoms with E-state index < -0.39 is 11.5 Å². The van der Waals surface area contributed by atoms with Crippen molar-refractivity contribution >= 4 is 22.9 Å². The van der Waals surface area contributed by atoms with Gasteiger partial charge in [-0.25, -0.2) is 9.78 Å². The number of carbonyl (C=O) groups is 2. The number of imidazole rings is 1. The normalized spacial score (nSPS) is 16.9. The van der Waals surface area contributed by atoms with Gasteiger partial charge in [-0.1, -0.05) is 17.3 Å². The number of aromatic nitrogens is 3. The number of para-hydroxylation sites is 2. The molecule has 3 aromatic rings. The van der Waals surface area contributed by atoms with Gasteiger partial charge >= 0.3 is 5.97 Å². The van der Waals surface area contributed by atoms with Gasteiger partial charge in [-0.3, -0.25) is 4.79 Å². The summed E-state index contributed by atoms with van der Waals surface area (Å²) in [5, 5.41) is 13.6. The minimum atomic E-state index is -1.11. The maximum absolute atomic E-state index is 12.4. The summed E-state index contributed by atoms with van der Waals surface area (Å²) in [6, 6.07) is 8.95. The molecular formula is C17H16N4O4. The third-order valence-corrected chi connectivity index (χ3v) is 4.85. The molecule has 1 aromatic carbocycles. The lowest BCUT2D eigenvalue weighted by atomic mass is 9.86. The topological polar surface area (TPSA) is 101 Å². The number of nitrogens with zero attached hydrogens (tertiary/aromatic N) is 4. The van der Waals surface area contributed by atoms with Gasteiger partial charge in [0.1, 0.15) is 11.8 Å². The number of benzene rings is 1. The van der Waals surface area contributed by atoms with E-state index in [1.165, 1.54) is 12.3 Å². The van der Waals surface area contributed by atoms with E-state index in [4.69, 9.17) is 4.52 Å². The maximum atomic E-state index is 12.4. The SMILES string of the molecule is O=C(c1ccon1)N1CCC(C(=O)O)(n2cnc3ccccc32)CC1. The highest BCUT2D eigenvalue weighted by molar-refractivity contribution is 5.92. The zero-order valence-electron chi connectivity index (χ0n) is 13.3. The number of carboxylic acids is 1. The van der Waals surface area contributed by atoms with E-state index in [2.05, 4.69) is 10.1 Å². The lowest BCUT2D eigenvalue weighted by Crippen LogP contribution is -2.52. The molecule has 128 valence electrons. The molecule has 1 N–H and O–H groups in total. The number of hydrogen-bond acceptors (Lipinski definition) is 5. The van der Waals surface area contributed by atoms with Crippen LogP contribution in [0.2, 0.25) is 0 Å². The largest absolute Gasteiger partial charge is 0.479 e. The molecule has 1 aliphatic heterocycles. The molecule has 0 atom stereocenters. The van der Waals surface area contributed by atoms with Crippen LogP contribution >= 0.6 is 0 Å². The van der Waals surface area contributed by atoms with E-state index in [-0.39, 0.29) is 11.6 Å². The highest BCUT2D eigenvalue weighted by Crippen LogP contribution is 2.34. The summed E-state index contributed by atoms with van der Waals surface area (Å²) in [6.45, 7) is 0.648. The monoisotopic (exact) mass is 340 g/mol. The number of fused-ring (bicyclic) bond motifs is 1. The number of likely N-dealkylation sites (tertiary alicyclic amines) is 1. The summed E-state index contributed by atoms with van der Waals surface area (Å²) in [5.41, 5.74) is 0.651. The van der Waals surface area contributed by atoms with Gasteiger partial charge in [0.25, 0.3) is 5.91 Å². The van der Waals surface area contributed by atoms with Crippen LogP contribution in [-0.2, 0) is 10.3 Å². The molecule has 25 heavy (non-hydrogen) atoms. The first kappa shape index (κ1) is 15.4. The van der Waals surface area contributed by atoms with Gasteiger partial charge in [-0.15, -0.1) is 0 Å². The van der Waals surface area contributed by atoms with Crippen LogP contribution in [0.4, 0.5) is 0 Å². The fourth-order valence-electron chi connectivity index (χ4n) is 3.42. The average Bonchev–Trinajstić information content (AvgIpc) is 3.31. The highest BCUT2D eigenvalue weighted by Gasteiger charge is 2.45. The minimum absolute atomic E-state index is 0.232. The summed E-state index contributed by atoms with van der Waals surface area (Å²) in [6.07, 6.45) is 3.52. The van der Waals surface area contributed by atoms with Gasteiger partial charge in [0.2, 0.25) is 0 Å². The van der Waals surface area contributed by atoms with Crippen molar-refractivity contribution in [3.05, 3.63) is 48.6 Å². The number of hydrogen-bond donors (Lipinski definition) is 1. The number of carboxylic acid groups (broad SMARTS) is 1. The van der Waals surface area contributed by atoms with E-state index >= 15 is 0 Å². The van der Waals surface area contributed by atoms with Gasteiger partial charge in [0, 0.05) is 19.2 Å². The average molecular weight is 340 g/mol. The van der Waals surface area contributed by atoms with Crippen LogP contribution in [0.15, 0.2) is 47.4 Å². The summed E-state index contributed by atoms with van der Waals surface area (Å²) in [7, 11) is 0. The first-order valence-corrected chi connectivity index (χ1v) is 7.97. The van der Waals surface area contributed by atoms with E-state index in [9.17, 15) is 14.7 Å². The Morgan fingerprint density at radius 2 is 1.92 bits per heavy atom. The quantitative estimate of drug-likeness (QED) is 0.779. The molecule has 8 heteroatoms. The number of piperidine rings is 1. The van der Waals surface area contributed by atoms with Crippen LogP contribution < -0.4 is 0 Å². The Balaban J connectivity index is 1.64. The standard InChI is InChI=1S/C17H16N4O4/c22-15(13-5-10-25-19-13)20-8-6-17(7-9-20,16(23)24)21-11-18-12-3-1-2-4-14(12)21/h1-5,10-11H,6-9H2,(H,23,24). The van der Waals surface area contributed by atoms with Gasteiger partial charge in [-0.2, -0.15) is 0 Å². The van der Waals surface area contributed by atoms with Crippen molar-refractivity contribution in [1.82, 2.24) is 19.6 Å². The lowest BCUT2D eigenvalue weighted by molar-refractivity contribution is -0.149. The van der Waals surface area contributed by atoms with Crippen LogP contribution in [0.1, 0.15) is 23.3 Å². The minimum Gasteiger partial charge on any atom is -0.479 e. The van der Waals surface area contributed by atoms with Crippen LogP contribution in [0, 0.1) is 0 Å². The Labute approximate surface area is 142 Å². The van der Waals surface area contributed by atoms with Crippen molar-refractivity contribution in [3.63, 3.8) is 0 Å². The van der Waals surface area contributed by atoms with Crippen molar-refractivity contribution in [2.75, 3.05) is 13.1 Å². The van der Waals surface area contributed by atoms with Crippen LogP contribution in [-0.4, -0.2) is 49.7 Å². The lowest BCUT2D eigenvalue weighted by Gasteiger charge is -2.39. The van der Waals surface area contributed by atoms with Crippen LogP contribution in [0.25, 0.3) is 11.0 Å². The first-order chi connectivity index (χ1) is 12.1. The molecule has 0 radical (unpaired) electrons. The summed E-state index contributed by atoms with van der Waals surface area (Å²) >= 11 is 0. The van der Waals surface area contributed by atoms with E-state index in [0.717, 1.165) is 11.0 Å². The molecule has 2 aromatic heterocycles. The number of aliphatic carboxylic acids is 1. The van der Waals surface area contributed by atoms with E-state index in [0.29, 0.717) is 25.9 Å². The Hall–Kier alpha value is -3.16. The zero-order valence-corrected chi connectivity index (χ0v) is 13.3. The molecule has 8 nitrogen and oxygen atoms in total. The number of carbonyl (C=O) groups excluding carboxylic acids is 1. The Morgan fingerprint density at radius 3 is 2.60 bits per heavy atom. The predicted molar refractivity (Wildman–Crippen MR) is 87.0 cm³/mol. The molecule has 1 saturated heterocycles. The van der Waals surface area contributed by atoms with Crippen molar-refractivity contribution in [1.29, 1.82) is 0 Å². The molecule has 3 heterocycles. The molecule has 1 fully saturated rings. The zero-order chi connectivity index (χ0) is 17.4. The highest BCUT2D eigenvalue weighted by atomic mass is 16.5. The fraction of sp³-hybridized carbons (Fsp3) is 0.294. The third kappa shape index (κ3) is 2.37. The molecule has 0 saturated carbocycles. The van der Waals surface area contributed by atoms with Crippen LogP contribution in [0.3, 0.4) is 0 Å². The second-order valence-corrected chi connectivity index (χ2v) is 6.12. The third-order valence-electron chi connectivity index (χ3n) is 4.85. The molecule has 4 rings (SSSR count). The van der Waals surface area contributed by atoms with Gasteiger partial charge < -0.3 is 19.1 Å². The van der Waals surface area contributed by atoms with Crippen molar-refractivity contribution < 1.29 is 19.2 Å². The summed E-state index contributed by atoms with van der Waals surface area (Å²) in [4.78, 5) is 30.4. The van der Waals surface area contributed by atoms with Gasteiger partial charge in [0.15, 0.2) is 5.69 Å². The van der Waals surface area contributed by atoms with Gasteiger partial charge in [-0.05, 0) is 25.0 Å². The molecule has 0 unspecified atom stereocenters. The molecule has 0 spiro atoms. The smallest absolute Gasteiger partial charge is 0.330 e. The Morgan fingerprint density at radius 1 is 1.16 bits per heavy atom. The van der Waals surface area contributed by atoms with Gasteiger partial charge in [0.05, 0.1) is 17.4 Å². The molecule has 1 aliphatic rings. The second-order valence-electron chi connectivity index (χ2n) is 6.12. The molecule has 0 bridgehead atoms. The first-order valence-electron chi connectivity index (χ1n) is 7.97.